The van der Waals surface area contributed by atoms with Crippen molar-refractivity contribution in [2.24, 2.45) is 0 Å². The molecular weight excluding hydrogens is 326 g/mol. The van der Waals surface area contributed by atoms with Crippen molar-refractivity contribution in [3.8, 4) is 11.5 Å². The summed E-state index contributed by atoms with van der Waals surface area (Å²) >= 11 is 1.29. The second-order valence-corrected chi connectivity index (χ2v) is 7.51. The van der Waals surface area contributed by atoms with Gasteiger partial charge in [0, 0.05) is 6.04 Å². The third kappa shape index (κ3) is 4.20. The minimum Gasteiger partial charge on any atom is -0.469 e. The minimum atomic E-state index is -0.271. The molecule has 1 aliphatic carbocycles. The third-order valence-corrected chi connectivity index (χ3v) is 5.28. The van der Waals surface area contributed by atoms with Crippen LogP contribution in [0.25, 0.3) is 11.5 Å². The Kier molecular flexibility index (Phi) is 5.60. The number of furan rings is 1. The average molecular weight is 349 g/mol. The number of carbonyl (C=O) groups excluding carboxylic acids is 1. The van der Waals surface area contributed by atoms with Gasteiger partial charge in [-0.2, -0.15) is 0 Å². The SMILES string of the molecule is Cc1occc1-c1nnc(S[C@@H](C)C(=O)NC2CCCCCC2)o1. The van der Waals surface area contributed by atoms with Crippen LogP contribution in [-0.2, 0) is 4.79 Å². The Bertz CT molecular complexity index is 674. The quantitative estimate of drug-likeness (QED) is 0.650. The van der Waals surface area contributed by atoms with Crippen molar-refractivity contribution < 1.29 is 13.6 Å². The molecule has 1 amide bonds. The molecule has 0 spiro atoms. The van der Waals surface area contributed by atoms with Crippen LogP contribution in [0.4, 0.5) is 0 Å². The van der Waals surface area contributed by atoms with Gasteiger partial charge in [0.1, 0.15) is 5.76 Å². The molecule has 0 bridgehead atoms. The second-order valence-electron chi connectivity index (χ2n) is 6.22. The van der Waals surface area contributed by atoms with E-state index in [1.54, 1.807) is 12.3 Å². The summed E-state index contributed by atoms with van der Waals surface area (Å²) in [5.41, 5.74) is 0.782. The van der Waals surface area contributed by atoms with Crippen LogP contribution in [-0.4, -0.2) is 27.4 Å². The van der Waals surface area contributed by atoms with Crippen molar-refractivity contribution in [2.45, 2.75) is 68.9 Å². The normalized spacial score (nSPS) is 17.4. The van der Waals surface area contributed by atoms with E-state index < -0.39 is 0 Å². The average Bonchev–Trinajstić information content (AvgIpc) is 3.10. The Hall–Kier alpha value is -1.76. The number of nitrogens with zero attached hydrogens (tertiary/aromatic N) is 2. The molecule has 7 heteroatoms. The van der Waals surface area contributed by atoms with Crippen LogP contribution >= 0.6 is 11.8 Å². The van der Waals surface area contributed by atoms with Gasteiger partial charge in [-0.15, -0.1) is 10.2 Å². The lowest BCUT2D eigenvalue weighted by molar-refractivity contribution is -0.121. The van der Waals surface area contributed by atoms with Crippen LogP contribution in [0, 0.1) is 6.92 Å². The van der Waals surface area contributed by atoms with Crippen molar-refractivity contribution >= 4 is 17.7 Å². The Morgan fingerprint density at radius 1 is 1.29 bits per heavy atom. The molecule has 130 valence electrons. The number of aryl methyl sites for hydroxylation is 1. The van der Waals surface area contributed by atoms with Crippen molar-refractivity contribution in [1.29, 1.82) is 0 Å². The van der Waals surface area contributed by atoms with Crippen LogP contribution in [0.1, 0.15) is 51.2 Å². The molecule has 6 nitrogen and oxygen atoms in total. The lowest BCUT2D eigenvalue weighted by atomic mass is 10.1. The summed E-state index contributed by atoms with van der Waals surface area (Å²) in [6.45, 7) is 3.71. The van der Waals surface area contributed by atoms with E-state index in [4.69, 9.17) is 8.83 Å². The molecule has 0 radical (unpaired) electrons. The standard InChI is InChI=1S/C17H23N3O3S/c1-11-14(9-10-22-11)16-19-20-17(23-16)24-12(2)15(21)18-13-7-5-3-4-6-8-13/h9-10,12-13H,3-8H2,1-2H3,(H,18,21)/t12-/m0/s1. The molecular formula is C17H23N3O3S. The molecule has 1 fully saturated rings. The number of thioether (sulfide) groups is 1. The van der Waals surface area contributed by atoms with Crippen molar-refractivity contribution in [2.75, 3.05) is 0 Å². The van der Waals surface area contributed by atoms with Gasteiger partial charge in [0.05, 0.1) is 17.1 Å². The van der Waals surface area contributed by atoms with Gasteiger partial charge >= 0.3 is 0 Å². The summed E-state index contributed by atoms with van der Waals surface area (Å²) in [6.07, 6.45) is 8.68. The Morgan fingerprint density at radius 2 is 2.04 bits per heavy atom. The molecule has 0 aromatic carbocycles. The second kappa shape index (κ2) is 7.88. The first-order chi connectivity index (χ1) is 11.6. The molecule has 2 aromatic rings. The van der Waals surface area contributed by atoms with E-state index in [-0.39, 0.29) is 11.2 Å². The molecule has 1 atom stereocenters. The number of carbonyl (C=O) groups is 1. The molecule has 1 aliphatic rings. The number of hydrogen-bond donors (Lipinski definition) is 1. The van der Waals surface area contributed by atoms with Crippen LogP contribution in [0.3, 0.4) is 0 Å². The van der Waals surface area contributed by atoms with Gasteiger partial charge in [-0.25, -0.2) is 0 Å². The fourth-order valence-corrected chi connectivity index (χ4v) is 3.61. The number of amides is 1. The fraction of sp³-hybridized carbons (Fsp3) is 0.588. The first-order valence-corrected chi connectivity index (χ1v) is 9.36. The largest absolute Gasteiger partial charge is 0.469 e. The zero-order valence-corrected chi connectivity index (χ0v) is 14.9. The maximum absolute atomic E-state index is 12.4. The van der Waals surface area contributed by atoms with E-state index in [0.717, 1.165) is 24.2 Å². The van der Waals surface area contributed by atoms with Gasteiger partial charge < -0.3 is 14.2 Å². The Morgan fingerprint density at radius 3 is 2.71 bits per heavy atom. The van der Waals surface area contributed by atoms with Crippen molar-refractivity contribution in [3.05, 3.63) is 18.1 Å². The molecule has 1 saturated carbocycles. The fourth-order valence-electron chi connectivity index (χ4n) is 2.92. The number of rotatable bonds is 5. The van der Waals surface area contributed by atoms with E-state index in [9.17, 15) is 4.79 Å². The molecule has 2 heterocycles. The number of hydrogen-bond acceptors (Lipinski definition) is 6. The molecule has 1 N–H and O–H groups in total. The van der Waals surface area contributed by atoms with Gasteiger partial charge in [0.2, 0.25) is 5.91 Å². The topological polar surface area (TPSA) is 81.2 Å². The van der Waals surface area contributed by atoms with E-state index in [2.05, 4.69) is 15.5 Å². The molecule has 0 saturated heterocycles. The monoisotopic (exact) mass is 349 g/mol. The highest BCUT2D eigenvalue weighted by Crippen LogP contribution is 2.28. The zero-order chi connectivity index (χ0) is 16.9. The Balaban J connectivity index is 1.56. The van der Waals surface area contributed by atoms with Gasteiger partial charge in [-0.3, -0.25) is 4.79 Å². The first kappa shape index (κ1) is 17.1. The van der Waals surface area contributed by atoms with Crippen LogP contribution in [0.2, 0.25) is 0 Å². The van der Waals surface area contributed by atoms with E-state index in [1.807, 2.05) is 13.8 Å². The number of aromatic nitrogens is 2. The summed E-state index contributed by atoms with van der Waals surface area (Å²) < 4.78 is 10.9. The summed E-state index contributed by atoms with van der Waals surface area (Å²) in [5, 5.41) is 11.3. The van der Waals surface area contributed by atoms with Gasteiger partial charge in [0.25, 0.3) is 11.1 Å². The Labute approximate surface area is 145 Å². The maximum Gasteiger partial charge on any atom is 0.277 e. The minimum absolute atomic E-state index is 0.0335. The summed E-state index contributed by atoms with van der Waals surface area (Å²) in [5.74, 6) is 1.18. The lowest BCUT2D eigenvalue weighted by Crippen LogP contribution is -2.39. The lowest BCUT2D eigenvalue weighted by Gasteiger charge is -2.18. The van der Waals surface area contributed by atoms with Crippen molar-refractivity contribution in [1.82, 2.24) is 15.5 Å². The summed E-state index contributed by atoms with van der Waals surface area (Å²) in [6, 6.07) is 2.09. The highest BCUT2D eigenvalue weighted by Gasteiger charge is 2.22. The highest BCUT2D eigenvalue weighted by molar-refractivity contribution is 8.00. The molecule has 0 aliphatic heterocycles. The van der Waals surface area contributed by atoms with Crippen molar-refractivity contribution in [3.63, 3.8) is 0 Å². The smallest absolute Gasteiger partial charge is 0.277 e. The molecule has 0 unspecified atom stereocenters. The van der Waals surface area contributed by atoms with Crippen LogP contribution < -0.4 is 5.32 Å². The molecule has 3 rings (SSSR count). The highest BCUT2D eigenvalue weighted by atomic mass is 32.2. The van der Waals surface area contributed by atoms with Crippen LogP contribution in [0.15, 0.2) is 26.4 Å². The van der Waals surface area contributed by atoms with Crippen LogP contribution in [0.5, 0.6) is 0 Å². The maximum atomic E-state index is 12.4. The summed E-state index contributed by atoms with van der Waals surface area (Å²) in [7, 11) is 0. The third-order valence-electron chi connectivity index (χ3n) is 4.34. The van der Waals surface area contributed by atoms with E-state index >= 15 is 0 Å². The predicted molar refractivity (Wildman–Crippen MR) is 91.7 cm³/mol. The first-order valence-electron chi connectivity index (χ1n) is 8.48. The summed E-state index contributed by atoms with van der Waals surface area (Å²) in [4.78, 5) is 12.4. The molecule has 24 heavy (non-hydrogen) atoms. The van der Waals surface area contributed by atoms with Gasteiger partial charge in [0.15, 0.2) is 0 Å². The predicted octanol–water partition coefficient (Wildman–Crippen LogP) is 3.96. The van der Waals surface area contributed by atoms with Gasteiger partial charge in [-0.05, 0) is 32.8 Å². The van der Waals surface area contributed by atoms with E-state index in [1.165, 1.54) is 37.4 Å². The van der Waals surface area contributed by atoms with E-state index in [0.29, 0.717) is 17.2 Å². The van der Waals surface area contributed by atoms with Gasteiger partial charge in [-0.1, -0.05) is 37.4 Å². The molecule has 2 aromatic heterocycles. The number of nitrogens with one attached hydrogen (secondary N) is 1. The zero-order valence-electron chi connectivity index (χ0n) is 14.1.